The van der Waals surface area contributed by atoms with Crippen molar-refractivity contribution >= 4 is 5.97 Å². The molecule has 0 aromatic heterocycles. The van der Waals surface area contributed by atoms with E-state index in [0.29, 0.717) is 0 Å². The highest BCUT2D eigenvalue weighted by atomic mass is 16.6. The molecule has 0 aliphatic rings. The molecule has 0 fully saturated rings. The summed E-state index contributed by atoms with van der Waals surface area (Å²) < 4.78 is 0. The van der Waals surface area contributed by atoms with Gasteiger partial charge in [0.15, 0.2) is 0 Å². The third-order valence-corrected chi connectivity index (χ3v) is 0.201. The Morgan fingerprint density at radius 3 is 2.50 bits per heavy atom. The molecular weight excluding hydrogens is 86.0 g/mol. The third kappa shape index (κ3) is 3.39. The summed E-state index contributed by atoms with van der Waals surface area (Å²) in [5.74, 6) is 3.00. The molecule has 2 N–H and O–H groups in total. The van der Waals surface area contributed by atoms with E-state index in [1.54, 1.807) is 0 Å². The first-order chi connectivity index (χ1) is 2.77. The maximum atomic E-state index is 9.28. The van der Waals surface area contributed by atoms with Crippen LogP contribution in [0.4, 0.5) is 0 Å². The second-order valence-corrected chi connectivity index (χ2v) is 0.683. The summed E-state index contributed by atoms with van der Waals surface area (Å²) in [6.07, 6.45) is 0. The molecule has 0 radical (unpaired) electrons. The van der Waals surface area contributed by atoms with E-state index in [-0.39, 0.29) is 0 Å². The molecule has 36 valence electrons. The highest BCUT2D eigenvalue weighted by molar-refractivity contribution is 5.65. The van der Waals surface area contributed by atoms with Crippen LogP contribution in [0.2, 0.25) is 0 Å². The summed E-state index contributed by atoms with van der Waals surface area (Å²) >= 11 is 0. The Morgan fingerprint density at radius 2 is 2.50 bits per heavy atom. The normalized spacial score (nSPS) is 8.17. The summed E-state index contributed by atoms with van der Waals surface area (Å²) in [5, 5.41) is 9.28. The van der Waals surface area contributed by atoms with Crippen molar-refractivity contribution in [3.63, 3.8) is 0 Å². The highest BCUT2D eigenvalue weighted by Crippen LogP contribution is 1.52. The summed E-state index contributed by atoms with van der Waals surface area (Å²) in [6, 6.07) is 0. The summed E-state index contributed by atoms with van der Waals surface area (Å²) in [7, 11) is 0. The maximum Gasteiger partial charge on any atom is 0.107 e. The molecule has 6 heavy (non-hydrogen) atoms. The van der Waals surface area contributed by atoms with Crippen LogP contribution < -0.4 is 11.0 Å². The molecule has 4 heteroatoms. The molecule has 0 aromatic carbocycles. The number of carboxylic acid groups (broad SMARTS) is 1. The van der Waals surface area contributed by atoms with Crippen molar-refractivity contribution in [3.05, 3.63) is 0 Å². The predicted molar refractivity (Wildman–Crippen MR) is 15.1 cm³/mol. The Balaban J connectivity index is 2.83. The average molecular weight is 90.1 g/mol. The van der Waals surface area contributed by atoms with E-state index < -0.39 is 12.6 Å². The van der Waals surface area contributed by atoms with Gasteiger partial charge in [0.1, 0.15) is 6.61 Å². The van der Waals surface area contributed by atoms with E-state index in [1.807, 2.05) is 0 Å². The standard InChI is InChI=1S/C2H5NO3/c3-6-1-2(4)5/h1,3H2,(H,4,5)/p-1. The molecule has 0 spiro atoms. The van der Waals surface area contributed by atoms with Crippen LogP contribution >= 0.6 is 0 Å². The number of carbonyl (C=O) groups excluding carboxylic acids is 1. The Kier molecular flexibility index (Phi) is 2.35. The van der Waals surface area contributed by atoms with Crippen molar-refractivity contribution in [2.45, 2.75) is 0 Å². The zero-order valence-corrected chi connectivity index (χ0v) is 3.01. The van der Waals surface area contributed by atoms with Crippen LogP contribution in [-0.2, 0) is 9.63 Å². The van der Waals surface area contributed by atoms with Gasteiger partial charge in [0, 0.05) is 0 Å². The number of rotatable bonds is 2. The fourth-order valence-electron chi connectivity index (χ4n) is 0.0680. The molecule has 0 rings (SSSR count). The van der Waals surface area contributed by atoms with Crippen LogP contribution in [0, 0.1) is 0 Å². The van der Waals surface area contributed by atoms with E-state index >= 15 is 0 Å². The van der Waals surface area contributed by atoms with Crippen LogP contribution in [-0.4, -0.2) is 12.6 Å². The molecule has 0 aliphatic carbocycles. The number of aliphatic carboxylic acids is 1. The minimum atomic E-state index is -1.31. The van der Waals surface area contributed by atoms with E-state index in [4.69, 9.17) is 0 Å². The molecule has 0 saturated carbocycles. The number of hydrogen-bond acceptors (Lipinski definition) is 4. The Hall–Kier alpha value is -0.610. The molecule has 4 nitrogen and oxygen atoms in total. The number of hydrogen-bond donors (Lipinski definition) is 1. The zero-order valence-electron chi connectivity index (χ0n) is 3.01. The topological polar surface area (TPSA) is 75.4 Å². The average Bonchev–Trinajstić information content (AvgIpc) is 1.35. The van der Waals surface area contributed by atoms with Crippen molar-refractivity contribution in [3.8, 4) is 0 Å². The van der Waals surface area contributed by atoms with Crippen LogP contribution in [0.15, 0.2) is 0 Å². The first kappa shape index (κ1) is 5.39. The fraction of sp³-hybridized carbons (Fsp3) is 0.500. The van der Waals surface area contributed by atoms with Crippen molar-refractivity contribution in [2.24, 2.45) is 5.90 Å². The molecule has 0 aromatic rings. The van der Waals surface area contributed by atoms with Gasteiger partial charge in [-0.2, -0.15) is 0 Å². The predicted octanol–water partition coefficient (Wildman–Crippen LogP) is -2.37. The lowest BCUT2D eigenvalue weighted by Gasteiger charge is -1.93. The van der Waals surface area contributed by atoms with Gasteiger partial charge in [0.05, 0.1) is 5.97 Å². The number of carbonyl (C=O) groups is 1. The van der Waals surface area contributed by atoms with Gasteiger partial charge in [-0.05, 0) is 0 Å². The number of carboxylic acids is 1. The maximum absolute atomic E-state index is 9.28. The van der Waals surface area contributed by atoms with Gasteiger partial charge >= 0.3 is 0 Å². The quantitative estimate of drug-likeness (QED) is 0.384. The first-order valence-corrected chi connectivity index (χ1v) is 1.29. The zero-order chi connectivity index (χ0) is 4.99. The van der Waals surface area contributed by atoms with Crippen molar-refractivity contribution < 1.29 is 14.7 Å². The number of nitrogens with two attached hydrogens (primary N) is 1. The smallest absolute Gasteiger partial charge is 0.107 e. The fourth-order valence-corrected chi connectivity index (χ4v) is 0.0680. The van der Waals surface area contributed by atoms with E-state index in [0.717, 1.165) is 0 Å². The molecule has 0 heterocycles. The van der Waals surface area contributed by atoms with E-state index in [2.05, 4.69) is 10.7 Å². The van der Waals surface area contributed by atoms with Crippen molar-refractivity contribution in [2.75, 3.05) is 6.61 Å². The monoisotopic (exact) mass is 90.0 g/mol. The Morgan fingerprint density at radius 1 is 2.00 bits per heavy atom. The van der Waals surface area contributed by atoms with Gasteiger partial charge in [0.2, 0.25) is 0 Å². The van der Waals surface area contributed by atoms with Gasteiger partial charge in [-0.1, -0.05) is 0 Å². The van der Waals surface area contributed by atoms with E-state index in [1.165, 1.54) is 0 Å². The lowest BCUT2D eigenvalue weighted by atomic mass is 10.8. The highest BCUT2D eigenvalue weighted by Gasteiger charge is 1.74. The minimum absolute atomic E-state index is 0.542. The third-order valence-electron chi connectivity index (χ3n) is 0.201. The molecule has 0 atom stereocenters. The van der Waals surface area contributed by atoms with Crippen molar-refractivity contribution in [1.29, 1.82) is 0 Å². The Labute approximate surface area is 34.5 Å². The summed E-state index contributed by atoms with van der Waals surface area (Å²) in [4.78, 5) is 12.9. The van der Waals surface area contributed by atoms with Gasteiger partial charge in [0.25, 0.3) is 0 Å². The minimum Gasteiger partial charge on any atom is -0.548 e. The van der Waals surface area contributed by atoms with Crippen LogP contribution in [0.25, 0.3) is 0 Å². The largest absolute Gasteiger partial charge is 0.548 e. The SMILES string of the molecule is NOCC(=O)[O-]. The lowest BCUT2D eigenvalue weighted by Crippen LogP contribution is -2.28. The summed E-state index contributed by atoms with van der Waals surface area (Å²) in [6.45, 7) is -0.542. The first-order valence-electron chi connectivity index (χ1n) is 1.29. The molecule has 0 aliphatic heterocycles. The molecule has 0 saturated heterocycles. The Bertz CT molecular complexity index is 52.8. The van der Waals surface area contributed by atoms with Crippen LogP contribution in [0.3, 0.4) is 0 Å². The van der Waals surface area contributed by atoms with Crippen molar-refractivity contribution in [1.82, 2.24) is 0 Å². The lowest BCUT2D eigenvalue weighted by molar-refractivity contribution is -0.309. The summed E-state index contributed by atoms with van der Waals surface area (Å²) in [5.41, 5.74) is 0. The second-order valence-electron chi connectivity index (χ2n) is 0.683. The van der Waals surface area contributed by atoms with E-state index in [9.17, 15) is 9.90 Å². The van der Waals surface area contributed by atoms with Gasteiger partial charge in [-0.3, -0.25) is 4.84 Å². The second kappa shape index (κ2) is 2.62. The van der Waals surface area contributed by atoms with Gasteiger partial charge in [-0.15, -0.1) is 0 Å². The molecule has 0 unspecified atom stereocenters. The van der Waals surface area contributed by atoms with Gasteiger partial charge in [-0.25, -0.2) is 5.90 Å². The molecule has 0 amide bonds. The molecule has 0 bridgehead atoms. The van der Waals surface area contributed by atoms with Crippen LogP contribution in [0.5, 0.6) is 0 Å². The molecular formula is C2H4NO3-. The van der Waals surface area contributed by atoms with Crippen LogP contribution in [0.1, 0.15) is 0 Å². The van der Waals surface area contributed by atoms with Gasteiger partial charge < -0.3 is 9.90 Å².